The van der Waals surface area contributed by atoms with Gasteiger partial charge >= 0.3 is 0 Å². The fourth-order valence-corrected chi connectivity index (χ4v) is 2.15. The Balaban J connectivity index is 2.63. The molecule has 0 aromatic heterocycles. The van der Waals surface area contributed by atoms with Crippen molar-refractivity contribution in [1.82, 2.24) is 0 Å². The molecule has 0 amide bonds. The third-order valence-corrected chi connectivity index (χ3v) is 3.49. The normalized spacial score (nSPS) is 19.5. The molecular weight excluding hydrogens is 283 g/mol. The Morgan fingerprint density at radius 3 is 2.37 bits per heavy atom. The first kappa shape index (κ1) is 13.4. The summed E-state index contributed by atoms with van der Waals surface area (Å²) in [6.45, 7) is 0. The van der Waals surface area contributed by atoms with E-state index in [9.17, 15) is 5.26 Å². The first-order valence-corrected chi connectivity index (χ1v) is 6.10. The molecule has 0 radical (unpaired) electrons. The Morgan fingerprint density at radius 1 is 1.11 bits per heavy atom. The van der Waals surface area contributed by atoms with Gasteiger partial charge in [-0.15, -0.1) is 0 Å². The van der Waals surface area contributed by atoms with Crippen LogP contribution in [0.25, 0.3) is 5.57 Å². The quantitative estimate of drug-likeness (QED) is 0.482. The third-order valence-electron chi connectivity index (χ3n) is 2.61. The minimum absolute atomic E-state index is 0.116. The van der Waals surface area contributed by atoms with Gasteiger partial charge in [0.2, 0.25) is 0 Å². The van der Waals surface area contributed by atoms with Crippen molar-refractivity contribution >= 4 is 34.5 Å². The highest BCUT2D eigenvalue weighted by molar-refractivity contribution is 6.52. The van der Waals surface area contributed by atoms with Gasteiger partial charge in [-0.2, -0.15) is 5.26 Å². The van der Waals surface area contributed by atoms with Gasteiger partial charge in [-0.3, -0.25) is 0 Å². The van der Waals surface area contributed by atoms with E-state index in [0.29, 0.717) is 11.1 Å². The molecule has 0 spiro atoms. The molecule has 1 aliphatic carbocycles. The Labute approximate surface area is 120 Å². The van der Waals surface area contributed by atoms with Crippen LogP contribution < -0.4 is 0 Å². The molecule has 0 heterocycles. The topological polar surface area (TPSA) is 56.4 Å². The van der Waals surface area contributed by atoms with Gasteiger partial charge in [-0.25, -0.2) is 0 Å². The Kier molecular flexibility index (Phi) is 4.06. The largest absolute Gasteiger partial charge is 0.410 e. The van der Waals surface area contributed by atoms with E-state index in [-0.39, 0.29) is 15.8 Å². The first-order chi connectivity index (χ1) is 9.19. The zero-order chi connectivity index (χ0) is 13.8. The van der Waals surface area contributed by atoms with Gasteiger partial charge in [0, 0.05) is 5.57 Å². The van der Waals surface area contributed by atoms with Crippen LogP contribution in [0, 0.1) is 11.3 Å². The van der Waals surface area contributed by atoms with E-state index in [1.165, 1.54) is 6.08 Å². The summed E-state index contributed by atoms with van der Waals surface area (Å²) >= 11 is 12.1. The molecule has 5 heteroatoms. The fourth-order valence-electron chi connectivity index (χ4n) is 1.69. The summed E-state index contributed by atoms with van der Waals surface area (Å²) in [6.07, 6.45) is 3.11. The lowest BCUT2D eigenvalue weighted by atomic mass is 9.97. The molecule has 0 aliphatic heterocycles. The monoisotopic (exact) mass is 290 g/mol. The highest BCUT2D eigenvalue weighted by Crippen LogP contribution is 2.33. The van der Waals surface area contributed by atoms with Crippen molar-refractivity contribution in [2.75, 3.05) is 0 Å². The number of nitriles is 1. The standard InChI is InChI=1S/C14H8Cl2N2O/c15-13-10(6-7-12(18-19)14(13)16)11(8-17)9-4-2-1-3-5-9/h1-7,19H. The maximum Gasteiger partial charge on any atom is 0.122 e. The van der Waals surface area contributed by atoms with E-state index in [1.54, 1.807) is 6.08 Å². The Bertz CT molecular complexity index is 664. The number of allylic oxidation sites excluding steroid dienone is 6. The second-order valence-corrected chi connectivity index (χ2v) is 4.47. The number of oxime groups is 1. The molecule has 2 rings (SSSR count). The maximum atomic E-state index is 9.31. The maximum absolute atomic E-state index is 9.31. The third kappa shape index (κ3) is 2.55. The molecule has 1 aliphatic rings. The average molecular weight is 291 g/mol. The lowest BCUT2D eigenvalue weighted by Gasteiger charge is -2.12. The van der Waals surface area contributed by atoms with Crippen LogP contribution in [0.3, 0.4) is 0 Å². The molecule has 1 aromatic carbocycles. The predicted molar refractivity (Wildman–Crippen MR) is 76.1 cm³/mol. The van der Waals surface area contributed by atoms with Gasteiger partial charge in [0.05, 0.1) is 15.6 Å². The zero-order valence-electron chi connectivity index (χ0n) is 9.64. The summed E-state index contributed by atoms with van der Waals surface area (Å²) in [5.74, 6) is 0. The van der Waals surface area contributed by atoms with E-state index in [0.717, 1.165) is 5.56 Å². The van der Waals surface area contributed by atoms with E-state index in [1.807, 2.05) is 30.3 Å². The highest BCUT2D eigenvalue weighted by atomic mass is 35.5. The number of nitrogens with zero attached hydrogens (tertiary/aromatic N) is 2. The molecule has 0 saturated carbocycles. The van der Waals surface area contributed by atoms with Crippen LogP contribution in [-0.2, 0) is 0 Å². The van der Waals surface area contributed by atoms with Gasteiger partial charge in [0.15, 0.2) is 0 Å². The molecule has 94 valence electrons. The minimum atomic E-state index is 0.116. The van der Waals surface area contributed by atoms with Crippen molar-refractivity contribution < 1.29 is 5.21 Å². The summed E-state index contributed by atoms with van der Waals surface area (Å²) in [6, 6.07) is 11.3. The van der Waals surface area contributed by atoms with Gasteiger partial charge in [0.25, 0.3) is 0 Å². The molecule has 3 nitrogen and oxygen atoms in total. The number of hydrogen-bond acceptors (Lipinski definition) is 3. The van der Waals surface area contributed by atoms with E-state index >= 15 is 0 Å². The van der Waals surface area contributed by atoms with Crippen LogP contribution in [0.1, 0.15) is 5.56 Å². The van der Waals surface area contributed by atoms with E-state index in [4.69, 9.17) is 28.4 Å². The molecule has 19 heavy (non-hydrogen) atoms. The lowest BCUT2D eigenvalue weighted by molar-refractivity contribution is 0.320. The van der Waals surface area contributed by atoms with Gasteiger partial charge in [0.1, 0.15) is 11.8 Å². The van der Waals surface area contributed by atoms with Crippen LogP contribution in [0.4, 0.5) is 0 Å². The van der Waals surface area contributed by atoms with Crippen molar-refractivity contribution in [3.8, 4) is 6.07 Å². The molecule has 1 N–H and O–H groups in total. The van der Waals surface area contributed by atoms with Crippen molar-refractivity contribution in [2.24, 2.45) is 5.16 Å². The van der Waals surface area contributed by atoms with Crippen LogP contribution in [0.15, 0.2) is 63.3 Å². The molecule has 0 bridgehead atoms. The highest BCUT2D eigenvalue weighted by Gasteiger charge is 2.19. The van der Waals surface area contributed by atoms with Crippen LogP contribution in [0.5, 0.6) is 0 Å². The van der Waals surface area contributed by atoms with Crippen molar-refractivity contribution in [2.45, 2.75) is 0 Å². The van der Waals surface area contributed by atoms with E-state index in [2.05, 4.69) is 11.2 Å². The summed E-state index contributed by atoms with van der Waals surface area (Å²) in [4.78, 5) is 0. The molecule has 0 saturated heterocycles. The van der Waals surface area contributed by atoms with Gasteiger partial charge < -0.3 is 5.21 Å². The molecule has 0 fully saturated rings. The van der Waals surface area contributed by atoms with E-state index < -0.39 is 0 Å². The summed E-state index contributed by atoms with van der Waals surface area (Å²) < 4.78 is 0. The van der Waals surface area contributed by atoms with Crippen molar-refractivity contribution in [3.05, 3.63) is 63.7 Å². The summed E-state index contributed by atoms with van der Waals surface area (Å²) in [5, 5.41) is 21.4. The van der Waals surface area contributed by atoms with Crippen molar-refractivity contribution in [1.29, 1.82) is 5.26 Å². The first-order valence-electron chi connectivity index (χ1n) is 5.35. The number of benzene rings is 1. The van der Waals surface area contributed by atoms with Crippen LogP contribution in [-0.4, -0.2) is 10.9 Å². The molecular formula is C14H8Cl2N2O. The molecule has 0 atom stereocenters. The molecule has 0 unspecified atom stereocenters. The second kappa shape index (κ2) is 5.75. The SMILES string of the molecule is N#CC(=C1C=CC(=NO)C(Cl)=C1Cl)c1ccccc1. The Morgan fingerprint density at radius 2 is 1.79 bits per heavy atom. The number of rotatable bonds is 1. The lowest BCUT2D eigenvalue weighted by Crippen LogP contribution is -2.04. The zero-order valence-corrected chi connectivity index (χ0v) is 11.2. The fraction of sp³-hybridized carbons (Fsp3) is 0. The van der Waals surface area contributed by atoms with Crippen LogP contribution >= 0.6 is 23.2 Å². The second-order valence-electron chi connectivity index (χ2n) is 3.71. The van der Waals surface area contributed by atoms with Gasteiger partial charge in [-0.05, 0) is 17.7 Å². The Hall–Kier alpha value is -2.02. The number of hydrogen-bond donors (Lipinski definition) is 1. The smallest absolute Gasteiger partial charge is 0.122 e. The average Bonchev–Trinajstić information content (AvgIpc) is 2.45. The van der Waals surface area contributed by atoms with Gasteiger partial charge in [-0.1, -0.05) is 58.7 Å². The summed E-state index contributed by atoms with van der Waals surface area (Å²) in [7, 11) is 0. The predicted octanol–water partition coefficient (Wildman–Crippen LogP) is 4.05. The van der Waals surface area contributed by atoms with Crippen molar-refractivity contribution in [3.63, 3.8) is 0 Å². The minimum Gasteiger partial charge on any atom is -0.410 e. The number of halogens is 2. The molecule has 1 aromatic rings. The summed E-state index contributed by atoms with van der Waals surface area (Å²) in [5.41, 5.74) is 1.84. The van der Waals surface area contributed by atoms with Crippen LogP contribution in [0.2, 0.25) is 0 Å².